The zero-order chi connectivity index (χ0) is 15.9. The van der Waals surface area contributed by atoms with Crippen LogP contribution >= 0.6 is 24.8 Å². The lowest BCUT2D eigenvalue weighted by Crippen LogP contribution is -2.45. The fourth-order valence-electron chi connectivity index (χ4n) is 3.11. The standard InChI is InChI=1S/C18H30N2O2.2ClH/c1-14(2)5-8-17(20-11-9-19-10-12-20)16-7-6-15(21-3)13-18(16)22-4;;/h6-7,13-14,17,19H,5,8-12H2,1-4H3;2*1H/t17-;;/m1../s1. The van der Waals surface area contributed by atoms with Crippen LogP contribution in [0.5, 0.6) is 11.5 Å². The van der Waals surface area contributed by atoms with Crippen LogP contribution in [0.3, 0.4) is 0 Å². The van der Waals surface area contributed by atoms with E-state index in [0.29, 0.717) is 6.04 Å². The molecule has 0 bridgehead atoms. The highest BCUT2D eigenvalue weighted by Crippen LogP contribution is 2.36. The SMILES string of the molecule is COc1ccc([C@@H](CCC(C)C)N2CCNCC2)c(OC)c1.Cl.Cl. The minimum Gasteiger partial charge on any atom is -0.497 e. The van der Waals surface area contributed by atoms with Crippen LogP contribution in [-0.2, 0) is 0 Å². The number of piperazine rings is 1. The maximum Gasteiger partial charge on any atom is 0.127 e. The molecule has 1 aliphatic rings. The lowest BCUT2D eigenvalue weighted by Gasteiger charge is -2.36. The van der Waals surface area contributed by atoms with Crippen molar-refractivity contribution >= 4 is 24.8 Å². The molecule has 1 atom stereocenters. The third-order valence-electron chi connectivity index (χ3n) is 4.41. The van der Waals surface area contributed by atoms with Gasteiger partial charge in [0.05, 0.1) is 14.2 Å². The number of halogens is 2. The number of benzene rings is 1. The molecule has 1 heterocycles. The zero-order valence-corrected chi connectivity index (χ0v) is 16.8. The molecule has 24 heavy (non-hydrogen) atoms. The largest absolute Gasteiger partial charge is 0.497 e. The first-order chi connectivity index (χ1) is 10.7. The van der Waals surface area contributed by atoms with E-state index >= 15 is 0 Å². The number of ether oxygens (including phenoxy) is 2. The summed E-state index contributed by atoms with van der Waals surface area (Å²) in [7, 11) is 3.44. The van der Waals surface area contributed by atoms with Crippen LogP contribution in [0.1, 0.15) is 38.3 Å². The molecule has 0 aliphatic carbocycles. The predicted octanol–water partition coefficient (Wildman–Crippen LogP) is 3.93. The van der Waals surface area contributed by atoms with Crippen molar-refractivity contribution in [3.63, 3.8) is 0 Å². The summed E-state index contributed by atoms with van der Waals surface area (Å²) in [4.78, 5) is 2.59. The summed E-state index contributed by atoms with van der Waals surface area (Å²) in [5.74, 6) is 2.50. The fraction of sp³-hybridized carbons (Fsp3) is 0.667. The lowest BCUT2D eigenvalue weighted by molar-refractivity contribution is 0.157. The molecule has 1 aromatic carbocycles. The Hall–Kier alpha value is -0.680. The van der Waals surface area contributed by atoms with Gasteiger partial charge in [-0.2, -0.15) is 0 Å². The van der Waals surface area contributed by atoms with Gasteiger partial charge in [0.25, 0.3) is 0 Å². The van der Waals surface area contributed by atoms with Gasteiger partial charge in [-0.15, -0.1) is 24.8 Å². The number of nitrogens with one attached hydrogen (secondary N) is 1. The van der Waals surface area contributed by atoms with Gasteiger partial charge in [0.1, 0.15) is 11.5 Å². The number of rotatable bonds is 7. The van der Waals surface area contributed by atoms with Crippen LogP contribution in [-0.4, -0.2) is 45.3 Å². The van der Waals surface area contributed by atoms with Crippen LogP contribution < -0.4 is 14.8 Å². The van der Waals surface area contributed by atoms with E-state index in [1.54, 1.807) is 14.2 Å². The minimum atomic E-state index is 0. The molecule has 0 saturated carbocycles. The maximum absolute atomic E-state index is 5.64. The van der Waals surface area contributed by atoms with Gasteiger partial charge in [0.15, 0.2) is 0 Å². The predicted molar refractivity (Wildman–Crippen MR) is 105 cm³/mol. The Morgan fingerprint density at radius 2 is 1.71 bits per heavy atom. The van der Waals surface area contributed by atoms with Gasteiger partial charge in [-0.25, -0.2) is 0 Å². The summed E-state index contributed by atoms with van der Waals surface area (Å²) in [5.41, 5.74) is 1.28. The maximum atomic E-state index is 5.64. The monoisotopic (exact) mass is 378 g/mol. The third kappa shape index (κ3) is 6.32. The van der Waals surface area contributed by atoms with Crippen LogP contribution in [0.15, 0.2) is 18.2 Å². The number of methoxy groups -OCH3 is 2. The number of hydrogen-bond acceptors (Lipinski definition) is 4. The summed E-state index contributed by atoms with van der Waals surface area (Å²) >= 11 is 0. The Balaban J connectivity index is 0.00000264. The Bertz CT molecular complexity index is 466. The molecule has 140 valence electrons. The normalized spacial score (nSPS) is 16.0. The summed E-state index contributed by atoms with van der Waals surface area (Å²) in [5, 5.41) is 3.44. The van der Waals surface area contributed by atoms with E-state index in [2.05, 4.69) is 30.1 Å². The van der Waals surface area contributed by atoms with E-state index in [1.165, 1.54) is 18.4 Å². The van der Waals surface area contributed by atoms with E-state index in [4.69, 9.17) is 9.47 Å². The van der Waals surface area contributed by atoms with E-state index in [1.807, 2.05) is 12.1 Å². The fourth-order valence-corrected chi connectivity index (χ4v) is 3.11. The van der Waals surface area contributed by atoms with Crippen LogP contribution in [0.2, 0.25) is 0 Å². The third-order valence-corrected chi connectivity index (χ3v) is 4.41. The summed E-state index contributed by atoms with van der Waals surface area (Å²) in [6.07, 6.45) is 2.39. The van der Waals surface area contributed by atoms with Crippen molar-refractivity contribution < 1.29 is 9.47 Å². The molecule has 1 aliphatic heterocycles. The van der Waals surface area contributed by atoms with E-state index < -0.39 is 0 Å². The second-order valence-electron chi connectivity index (χ2n) is 6.38. The molecule has 0 aromatic heterocycles. The van der Waals surface area contributed by atoms with Crippen molar-refractivity contribution in [1.29, 1.82) is 0 Å². The van der Waals surface area contributed by atoms with E-state index in [9.17, 15) is 0 Å². The van der Waals surface area contributed by atoms with Gasteiger partial charge in [-0.1, -0.05) is 19.9 Å². The van der Waals surface area contributed by atoms with Crippen molar-refractivity contribution in [3.05, 3.63) is 23.8 Å². The average Bonchev–Trinajstić information content (AvgIpc) is 2.56. The topological polar surface area (TPSA) is 33.7 Å². The second-order valence-corrected chi connectivity index (χ2v) is 6.38. The van der Waals surface area contributed by atoms with Crippen LogP contribution in [0, 0.1) is 5.92 Å². The number of nitrogens with zero attached hydrogens (tertiary/aromatic N) is 1. The molecule has 0 unspecified atom stereocenters. The first kappa shape index (κ1) is 23.3. The van der Waals surface area contributed by atoms with Gasteiger partial charge >= 0.3 is 0 Å². The highest BCUT2D eigenvalue weighted by molar-refractivity contribution is 5.85. The first-order valence-electron chi connectivity index (χ1n) is 8.32. The average molecular weight is 379 g/mol. The van der Waals surface area contributed by atoms with Crippen molar-refractivity contribution in [2.75, 3.05) is 40.4 Å². The second kappa shape index (κ2) is 11.8. The van der Waals surface area contributed by atoms with Crippen molar-refractivity contribution in [2.45, 2.75) is 32.7 Å². The lowest BCUT2D eigenvalue weighted by atomic mass is 9.95. The van der Waals surface area contributed by atoms with Crippen molar-refractivity contribution in [3.8, 4) is 11.5 Å². The highest BCUT2D eigenvalue weighted by Gasteiger charge is 2.25. The molecular weight excluding hydrogens is 347 g/mol. The molecule has 4 nitrogen and oxygen atoms in total. The smallest absolute Gasteiger partial charge is 0.127 e. The quantitative estimate of drug-likeness (QED) is 0.778. The van der Waals surface area contributed by atoms with Crippen molar-refractivity contribution in [2.24, 2.45) is 5.92 Å². The molecule has 1 fully saturated rings. The van der Waals surface area contributed by atoms with Crippen LogP contribution in [0.25, 0.3) is 0 Å². The van der Waals surface area contributed by atoms with Gasteiger partial charge in [0.2, 0.25) is 0 Å². The Kier molecular flexibility index (Phi) is 11.5. The summed E-state index contributed by atoms with van der Waals surface area (Å²) in [6.45, 7) is 8.91. The molecular formula is C18H32Cl2N2O2. The number of hydrogen-bond donors (Lipinski definition) is 1. The van der Waals surface area contributed by atoms with Crippen molar-refractivity contribution in [1.82, 2.24) is 10.2 Å². The van der Waals surface area contributed by atoms with Gasteiger partial charge in [-0.3, -0.25) is 4.90 Å². The van der Waals surface area contributed by atoms with Gasteiger partial charge < -0.3 is 14.8 Å². The molecule has 6 heteroatoms. The highest BCUT2D eigenvalue weighted by atomic mass is 35.5. The van der Waals surface area contributed by atoms with Crippen LogP contribution in [0.4, 0.5) is 0 Å². The Morgan fingerprint density at radius 1 is 1.04 bits per heavy atom. The zero-order valence-electron chi connectivity index (χ0n) is 15.2. The molecule has 1 saturated heterocycles. The molecule has 2 rings (SSSR count). The first-order valence-corrected chi connectivity index (χ1v) is 8.32. The molecule has 1 aromatic rings. The van der Waals surface area contributed by atoms with Gasteiger partial charge in [-0.05, 0) is 24.8 Å². The summed E-state index contributed by atoms with van der Waals surface area (Å²) < 4.78 is 11.0. The Labute approximate surface area is 159 Å². The Morgan fingerprint density at radius 3 is 2.25 bits per heavy atom. The minimum absolute atomic E-state index is 0. The molecule has 0 radical (unpaired) electrons. The van der Waals surface area contributed by atoms with E-state index in [0.717, 1.165) is 43.6 Å². The molecule has 0 spiro atoms. The molecule has 0 amide bonds. The van der Waals surface area contributed by atoms with Gasteiger partial charge in [0, 0.05) is 43.9 Å². The summed E-state index contributed by atoms with van der Waals surface area (Å²) in [6, 6.07) is 6.64. The molecule has 1 N–H and O–H groups in total. The van der Waals surface area contributed by atoms with E-state index in [-0.39, 0.29) is 24.8 Å².